The molecule has 3 heterocycles. The number of anilines is 3. The number of aromatic nitrogens is 3. The quantitative estimate of drug-likeness (QED) is 0.473. The SMILES string of the molecule is Oc1cc(O)c(/C=N/Nc2nc(N3CCCC3)nc(N3CCCC3)n2)cc1Br. The lowest BCUT2D eigenvalue weighted by Gasteiger charge is -2.20. The van der Waals surface area contributed by atoms with Crippen molar-refractivity contribution < 1.29 is 10.2 Å². The summed E-state index contributed by atoms with van der Waals surface area (Å²) in [6.07, 6.45) is 6.01. The van der Waals surface area contributed by atoms with Gasteiger partial charge >= 0.3 is 0 Å². The van der Waals surface area contributed by atoms with E-state index in [1.54, 1.807) is 6.07 Å². The number of rotatable bonds is 5. The molecular formula is C18H22BrN7O2. The summed E-state index contributed by atoms with van der Waals surface area (Å²) in [5, 5.41) is 23.7. The topological polar surface area (TPSA) is 110 Å². The highest BCUT2D eigenvalue weighted by Crippen LogP contribution is 2.30. The van der Waals surface area contributed by atoms with E-state index < -0.39 is 0 Å². The molecule has 2 aromatic rings. The summed E-state index contributed by atoms with van der Waals surface area (Å²) in [4.78, 5) is 18.0. The lowest BCUT2D eigenvalue weighted by atomic mass is 10.2. The summed E-state index contributed by atoms with van der Waals surface area (Å²) in [5.74, 6) is 1.60. The third-order valence-corrected chi connectivity index (χ3v) is 5.49. The lowest BCUT2D eigenvalue weighted by Crippen LogP contribution is -2.25. The van der Waals surface area contributed by atoms with Crippen LogP contribution in [-0.2, 0) is 0 Å². The summed E-state index contributed by atoms with van der Waals surface area (Å²) in [6.45, 7) is 3.78. The van der Waals surface area contributed by atoms with E-state index in [1.165, 1.54) is 12.3 Å². The smallest absolute Gasteiger partial charge is 0.250 e. The first kappa shape index (κ1) is 18.7. The van der Waals surface area contributed by atoms with Gasteiger partial charge in [0.25, 0.3) is 0 Å². The summed E-state index contributed by atoms with van der Waals surface area (Å²) in [5.41, 5.74) is 3.30. The van der Waals surface area contributed by atoms with E-state index in [0.29, 0.717) is 27.9 Å². The first-order valence-electron chi connectivity index (χ1n) is 9.37. The third kappa shape index (κ3) is 4.11. The zero-order valence-corrected chi connectivity index (χ0v) is 16.9. The monoisotopic (exact) mass is 447 g/mol. The van der Waals surface area contributed by atoms with E-state index in [2.05, 4.69) is 51.2 Å². The van der Waals surface area contributed by atoms with E-state index in [0.717, 1.165) is 51.9 Å². The molecule has 28 heavy (non-hydrogen) atoms. The van der Waals surface area contributed by atoms with Gasteiger partial charge in [0.2, 0.25) is 17.8 Å². The van der Waals surface area contributed by atoms with Gasteiger partial charge in [-0.3, -0.25) is 0 Å². The Morgan fingerprint density at radius 3 is 2.04 bits per heavy atom. The normalized spacial score (nSPS) is 17.0. The van der Waals surface area contributed by atoms with Crippen molar-refractivity contribution in [3.8, 4) is 11.5 Å². The van der Waals surface area contributed by atoms with Crippen LogP contribution in [0.25, 0.3) is 0 Å². The number of phenolic OH excluding ortho intramolecular Hbond substituents is 2. The standard InChI is InChI=1S/C18H22BrN7O2/c19-13-9-12(14(27)10-15(13)28)11-20-24-16-21-17(25-5-1-2-6-25)23-18(22-16)26-7-3-4-8-26/h9-11,27-28H,1-8H2,(H,21,22,23,24)/b20-11+. The van der Waals surface area contributed by atoms with Crippen LogP contribution in [0, 0.1) is 0 Å². The van der Waals surface area contributed by atoms with Crippen molar-refractivity contribution in [2.75, 3.05) is 41.4 Å². The Morgan fingerprint density at radius 1 is 0.893 bits per heavy atom. The molecule has 9 nitrogen and oxygen atoms in total. The average Bonchev–Trinajstić information content (AvgIpc) is 3.39. The minimum absolute atomic E-state index is 0.0365. The van der Waals surface area contributed by atoms with Gasteiger partial charge in [-0.25, -0.2) is 5.43 Å². The Labute approximate surface area is 171 Å². The van der Waals surface area contributed by atoms with E-state index in [-0.39, 0.29) is 11.5 Å². The second-order valence-corrected chi connectivity index (χ2v) is 7.73. The van der Waals surface area contributed by atoms with Gasteiger partial charge in [0.05, 0.1) is 10.7 Å². The van der Waals surface area contributed by atoms with Gasteiger partial charge in [0, 0.05) is 37.8 Å². The van der Waals surface area contributed by atoms with Gasteiger partial charge in [0.15, 0.2) is 0 Å². The van der Waals surface area contributed by atoms with Crippen LogP contribution in [0.2, 0.25) is 0 Å². The molecular weight excluding hydrogens is 426 g/mol. The number of benzene rings is 1. The zero-order chi connectivity index (χ0) is 19.5. The van der Waals surface area contributed by atoms with Gasteiger partial charge in [-0.2, -0.15) is 20.1 Å². The van der Waals surface area contributed by atoms with Crippen molar-refractivity contribution in [2.24, 2.45) is 5.10 Å². The molecule has 2 aliphatic rings. The second-order valence-electron chi connectivity index (χ2n) is 6.88. The van der Waals surface area contributed by atoms with Crippen LogP contribution in [0.3, 0.4) is 0 Å². The first-order chi connectivity index (χ1) is 13.6. The van der Waals surface area contributed by atoms with Gasteiger partial charge in [0.1, 0.15) is 11.5 Å². The molecule has 3 N–H and O–H groups in total. The van der Waals surface area contributed by atoms with E-state index in [1.807, 2.05) is 0 Å². The van der Waals surface area contributed by atoms with Crippen molar-refractivity contribution >= 4 is 40.0 Å². The predicted octanol–water partition coefficient (Wildman–Crippen LogP) is 2.69. The van der Waals surface area contributed by atoms with Crippen LogP contribution in [-0.4, -0.2) is 57.6 Å². The average molecular weight is 448 g/mol. The molecule has 0 atom stereocenters. The fraction of sp³-hybridized carbons (Fsp3) is 0.444. The fourth-order valence-corrected chi connectivity index (χ4v) is 3.71. The summed E-state index contributed by atoms with van der Waals surface area (Å²) >= 11 is 3.22. The Hall–Kier alpha value is -2.62. The molecule has 10 heteroatoms. The van der Waals surface area contributed by atoms with E-state index in [9.17, 15) is 10.2 Å². The number of hydrazone groups is 1. The molecule has 0 amide bonds. The number of hydrogen-bond donors (Lipinski definition) is 3. The van der Waals surface area contributed by atoms with Gasteiger partial charge in [-0.05, 0) is 47.7 Å². The van der Waals surface area contributed by atoms with Crippen LogP contribution in [0.1, 0.15) is 31.2 Å². The predicted molar refractivity (Wildman–Crippen MR) is 111 cm³/mol. The molecule has 0 spiro atoms. The maximum Gasteiger partial charge on any atom is 0.250 e. The van der Waals surface area contributed by atoms with Gasteiger partial charge in [-0.1, -0.05) is 0 Å². The number of aromatic hydroxyl groups is 2. The highest BCUT2D eigenvalue weighted by Gasteiger charge is 2.21. The highest BCUT2D eigenvalue weighted by atomic mass is 79.9. The molecule has 0 radical (unpaired) electrons. The van der Waals surface area contributed by atoms with Crippen LogP contribution < -0.4 is 15.2 Å². The minimum atomic E-state index is -0.0718. The number of nitrogens with zero attached hydrogens (tertiary/aromatic N) is 6. The van der Waals surface area contributed by atoms with Gasteiger partial charge in [-0.15, -0.1) is 0 Å². The van der Waals surface area contributed by atoms with E-state index >= 15 is 0 Å². The van der Waals surface area contributed by atoms with Crippen molar-refractivity contribution in [1.29, 1.82) is 0 Å². The van der Waals surface area contributed by atoms with E-state index in [4.69, 9.17) is 0 Å². The molecule has 0 bridgehead atoms. The largest absolute Gasteiger partial charge is 0.507 e. The number of hydrogen-bond acceptors (Lipinski definition) is 9. The van der Waals surface area contributed by atoms with Crippen molar-refractivity contribution in [2.45, 2.75) is 25.7 Å². The Bertz CT molecular complexity index is 846. The van der Waals surface area contributed by atoms with Crippen LogP contribution in [0.15, 0.2) is 21.7 Å². The molecule has 2 fully saturated rings. The summed E-state index contributed by atoms with van der Waals surface area (Å²) in [7, 11) is 0. The van der Waals surface area contributed by atoms with Crippen LogP contribution in [0.5, 0.6) is 11.5 Å². The zero-order valence-electron chi connectivity index (χ0n) is 15.3. The molecule has 4 rings (SSSR count). The molecule has 0 saturated carbocycles. The Balaban J connectivity index is 1.56. The first-order valence-corrected chi connectivity index (χ1v) is 10.2. The Kier molecular flexibility index (Phi) is 5.47. The molecule has 0 aliphatic carbocycles. The summed E-state index contributed by atoms with van der Waals surface area (Å²) < 4.78 is 0.472. The molecule has 2 aliphatic heterocycles. The van der Waals surface area contributed by atoms with Crippen molar-refractivity contribution in [3.63, 3.8) is 0 Å². The minimum Gasteiger partial charge on any atom is -0.507 e. The molecule has 0 unspecified atom stereocenters. The molecule has 1 aromatic carbocycles. The summed E-state index contributed by atoms with van der Waals surface area (Å²) in [6, 6.07) is 2.83. The number of halogens is 1. The Morgan fingerprint density at radius 2 is 1.46 bits per heavy atom. The highest BCUT2D eigenvalue weighted by molar-refractivity contribution is 9.10. The fourth-order valence-electron chi connectivity index (χ4n) is 3.35. The molecule has 1 aromatic heterocycles. The molecule has 148 valence electrons. The third-order valence-electron chi connectivity index (χ3n) is 4.85. The maximum atomic E-state index is 9.93. The number of phenols is 2. The lowest BCUT2D eigenvalue weighted by molar-refractivity contribution is 0.448. The van der Waals surface area contributed by atoms with Crippen molar-refractivity contribution in [3.05, 3.63) is 22.2 Å². The second kappa shape index (κ2) is 8.17. The van der Waals surface area contributed by atoms with Gasteiger partial charge < -0.3 is 20.0 Å². The number of nitrogens with one attached hydrogen (secondary N) is 1. The molecule has 2 saturated heterocycles. The van der Waals surface area contributed by atoms with Crippen molar-refractivity contribution in [1.82, 2.24) is 15.0 Å². The maximum absolute atomic E-state index is 9.93. The van der Waals surface area contributed by atoms with Crippen LogP contribution in [0.4, 0.5) is 17.8 Å². The van der Waals surface area contributed by atoms with Crippen LogP contribution >= 0.6 is 15.9 Å².